The second-order valence-electron chi connectivity index (χ2n) is 6.05. The molecule has 0 aliphatic carbocycles. The molecule has 0 amide bonds. The molecule has 0 aliphatic rings. The zero-order chi connectivity index (χ0) is 21.0. The van der Waals surface area contributed by atoms with Crippen molar-refractivity contribution < 1.29 is 32.0 Å². The van der Waals surface area contributed by atoms with Crippen LogP contribution in [-0.4, -0.2) is 47.0 Å². The Hall–Kier alpha value is -1.61. The average Bonchev–Trinajstić information content (AvgIpc) is 2.66. The predicted octanol–water partition coefficient (Wildman–Crippen LogP) is 4.02. The molecule has 0 saturated heterocycles. The van der Waals surface area contributed by atoms with E-state index < -0.39 is 26.5 Å². The molecule has 0 heterocycles. The molecular formula is C20H31FO6Si. The topological polar surface area (TPSA) is 71.1 Å². The predicted molar refractivity (Wildman–Crippen MR) is 106 cm³/mol. The van der Waals surface area contributed by atoms with Crippen molar-refractivity contribution in [1.29, 1.82) is 0 Å². The van der Waals surface area contributed by atoms with Crippen LogP contribution in [0.25, 0.3) is 0 Å². The molecule has 0 spiro atoms. The van der Waals surface area contributed by atoms with E-state index in [9.17, 15) is 14.0 Å². The van der Waals surface area contributed by atoms with E-state index in [1.807, 2.05) is 20.8 Å². The highest BCUT2D eigenvalue weighted by Gasteiger charge is 2.40. The van der Waals surface area contributed by atoms with Crippen molar-refractivity contribution in [3.8, 4) is 0 Å². The second-order valence-corrected chi connectivity index (χ2v) is 8.78. The molecule has 8 heteroatoms. The minimum atomic E-state index is -2.85. The number of halogens is 1. The summed E-state index contributed by atoms with van der Waals surface area (Å²) in [7, 11) is -2.85. The fraction of sp³-hybridized carbons (Fsp3) is 0.600. The summed E-state index contributed by atoms with van der Waals surface area (Å²) >= 11 is 0. The number of ketones is 1. The number of carbonyl (C=O) groups excluding carboxylic acids is 2. The van der Waals surface area contributed by atoms with Crippen LogP contribution < -0.4 is 0 Å². The van der Waals surface area contributed by atoms with Crippen molar-refractivity contribution in [2.24, 2.45) is 5.92 Å². The van der Waals surface area contributed by atoms with Crippen LogP contribution in [0.3, 0.4) is 0 Å². The standard InChI is InChI=1S/C20H31FO6Si/c1-5-24-20(23)18(19(22)16-11-13-17(21)14-12-16)10-9-15-28(25-6-2,26-7-3)27-8-4/h11-14,18H,5-10,15H2,1-4H3. The molecule has 0 bridgehead atoms. The summed E-state index contributed by atoms with van der Waals surface area (Å²) in [6.07, 6.45) is 0.777. The molecule has 1 aromatic rings. The van der Waals surface area contributed by atoms with Gasteiger partial charge in [-0.15, -0.1) is 0 Å². The lowest BCUT2D eigenvalue weighted by atomic mass is 9.93. The maximum atomic E-state index is 13.1. The Morgan fingerprint density at radius 3 is 1.93 bits per heavy atom. The first-order valence-electron chi connectivity index (χ1n) is 9.81. The Balaban J connectivity index is 2.89. The molecule has 0 aromatic heterocycles. The van der Waals surface area contributed by atoms with Crippen LogP contribution in [0, 0.1) is 11.7 Å². The quantitative estimate of drug-likeness (QED) is 0.198. The highest BCUT2D eigenvalue weighted by molar-refractivity contribution is 6.60. The molecule has 1 unspecified atom stereocenters. The molecule has 1 aromatic carbocycles. The molecule has 0 N–H and O–H groups in total. The Morgan fingerprint density at radius 2 is 1.46 bits per heavy atom. The van der Waals surface area contributed by atoms with E-state index in [0.717, 1.165) is 0 Å². The Bertz CT molecular complexity index is 590. The van der Waals surface area contributed by atoms with E-state index in [0.29, 0.717) is 32.3 Å². The molecule has 28 heavy (non-hydrogen) atoms. The smallest absolute Gasteiger partial charge is 0.465 e. The third-order valence-electron chi connectivity index (χ3n) is 4.08. The van der Waals surface area contributed by atoms with Gasteiger partial charge < -0.3 is 18.0 Å². The van der Waals surface area contributed by atoms with Crippen molar-refractivity contribution in [3.63, 3.8) is 0 Å². The summed E-state index contributed by atoms with van der Waals surface area (Å²) < 4.78 is 35.7. The molecule has 1 rings (SSSR count). The first kappa shape index (κ1) is 24.4. The van der Waals surface area contributed by atoms with Gasteiger partial charge in [-0.3, -0.25) is 9.59 Å². The van der Waals surface area contributed by atoms with Gasteiger partial charge >= 0.3 is 14.8 Å². The minimum absolute atomic E-state index is 0.182. The highest BCUT2D eigenvalue weighted by atomic mass is 28.4. The molecule has 158 valence electrons. The van der Waals surface area contributed by atoms with Gasteiger partial charge in [0.15, 0.2) is 5.78 Å². The first-order valence-corrected chi connectivity index (χ1v) is 11.7. The number of carbonyl (C=O) groups is 2. The van der Waals surface area contributed by atoms with Crippen molar-refractivity contribution in [2.75, 3.05) is 26.4 Å². The third-order valence-corrected chi connectivity index (χ3v) is 7.24. The SMILES string of the molecule is CCOC(=O)C(CCC[Si](OCC)(OCC)OCC)C(=O)c1ccc(F)cc1. The van der Waals surface area contributed by atoms with Gasteiger partial charge in [0.05, 0.1) is 6.61 Å². The largest absolute Gasteiger partial charge is 0.500 e. The van der Waals surface area contributed by atoms with Crippen LogP contribution >= 0.6 is 0 Å². The van der Waals surface area contributed by atoms with Crippen molar-refractivity contribution in [3.05, 3.63) is 35.6 Å². The summed E-state index contributed by atoms with van der Waals surface area (Å²) in [5.41, 5.74) is 0.280. The molecule has 0 saturated carbocycles. The Labute approximate surface area is 167 Å². The summed E-state index contributed by atoms with van der Waals surface area (Å²) in [6, 6.07) is 5.65. The van der Waals surface area contributed by atoms with Crippen LogP contribution in [0.5, 0.6) is 0 Å². The van der Waals surface area contributed by atoms with Gasteiger partial charge in [0, 0.05) is 31.4 Å². The lowest BCUT2D eigenvalue weighted by molar-refractivity contribution is -0.146. The normalized spacial score (nSPS) is 12.6. The van der Waals surface area contributed by atoms with Crippen LogP contribution in [0.15, 0.2) is 24.3 Å². The monoisotopic (exact) mass is 414 g/mol. The molecule has 1 atom stereocenters. The third kappa shape index (κ3) is 7.42. The Kier molecular flexibility index (Phi) is 11.1. The fourth-order valence-electron chi connectivity index (χ4n) is 2.94. The number of rotatable bonds is 14. The molecule has 6 nitrogen and oxygen atoms in total. The van der Waals surface area contributed by atoms with Gasteiger partial charge in [0.25, 0.3) is 0 Å². The number of Topliss-reactive ketones (excluding diaryl/α,β-unsaturated/α-hetero) is 1. The van der Waals surface area contributed by atoms with Gasteiger partial charge in [-0.1, -0.05) is 0 Å². The zero-order valence-corrected chi connectivity index (χ0v) is 18.2. The van der Waals surface area contributed by atoms with E-state index in [1.165, 1.54) is 24.3 Å². The van der Waals surface area contributed by atoms with E-state index in [4.69, 9.17) is 18.0 Å². The van der Waals surface area contributed by atoms with Crippen LogP contribution in [0.4, 0.5) is 4.39 Å². The summed E-state index contributed by atoms with van der Waals surface area (Å²) in [5.74, 6) is -2.35. The van der Waals surface area contributed by atoms with E-state index in [-0.39, 0.29) is 24.4 Å². The van der Waals surface area contributed by atoms with E-state index in [1.54, 1.807) is 6.92 Å². The molecule has 0 radical (unpaired) electrons. The maximum absolute atomic E-state index is 13.1. The van der Waals surface area contributed by atoms with Gasteiger partial charge in [0.1, 0.15) is 11.7 Å². The van der Waals surface area contributed by atoms with Crippen molar-refractivity contribution >= 4 is 20.6 Å². The van der Waals surface area contributed by atoms with Crippen molar-refractivity contribution in [2.45, 2.75) is 46.6 Å². The van der Waals surface area contributed by atoms with Crippen LogP contribution in [0.2, 0.25) is 6.04 Å². The number of hydrogen-bond donors (Lipinski definition) is 0. The van der Waals surface area contributed by atoms with E-state index in [2.05, 4.69) is 0 Å². The van der Waals surface area contributed by atoms with Crippen LogP contribution in [-0.2, 0) is 22.8 Å². The summed E-state index contributed by atoms with van der Waals surface area (Å²) in [6.45, 7) is 8.88. The van der Waals surface area contributed by atoms with Crippen LogP contribution in [0.1, 0.15) is 50.9 Å². The fourth-order valence-corrected chi connectivity index (χ4v) is 5.58. The lowest BCUT2D eigenvalue weighted by Gasteiger charge is -2.28. The van der Waals surface area contributed by atoms with Gasteiger partial charge in [-0.05, 0) is 64.8 Å². The summed E-state index contributed by atoms with van der Waals surface area (Å²) in [4.78, 5) is 25.2. The Morgan fingerprint density at radius 1 is 0.929 bits per heavy atom. The van der Waals surface area contributed by atoms with Gasteiger partial charge in [-0.2, -0.15) is 0 Å². The maximum Gasteiger partial charge on any atom is 0.500 e. The average molecular weight is 415 g/mol. The molecular weight excluding hydrogens is 383 g/mol. The van der Waals surface area contributed by atoms with Gasteiger partial charge in [-0.25, -0.2) is 4.39 Å². The number of esters is 1. The zero-order valence-electron chi connectivity index (χ0n) is 17.2. The number of hydrogen-bond acceptors (Lipinski definition) is 6. The van der Waals surface area contributed by atoms with E-state index >= 15 is 0 Å². The van der Waals surface area contributed by atoms with Gasteiger partial charge in [0.2, 0.25) is 0 Å². The first-order chi connectivity index (χ1) is 13.4. The molecule has 0 aliphatic heterocycles. The highest BCUT2D eigenvalue weighted by Crippen LogP contribution is 2.24. The molecule has 0 fully saturated rings. The minimum Gasteiger partial charge on any atom is -0.465 e. The lowest BCUT2D eigenvalue weighted by Crippen LogP contribution is -2.46. The number of benzene rings is 1. The van der Waals surface area contributed by atoms with Crippen molar-refractivity contribution in [1.82, 2.24) is 0 Å². The second kappa shape index (κ2) is 12.8. The summed E-state index contributed by atoms with van der Waals surface area (Å²) in [5, 5.41) is 0. The number of ether oxygens (including phenoxy) is 1.